The summed E-state index contributed by atoms with van der Waals surface area (Å²) in [5.74, 6) is 0.498. The van der Waals surface area contributed by atoms with Gasteiger partial charge in [-0.05, 0) is 52.0 Å². The van der Waals surface area contributed by atoms with Gasteiger partial charge in [0, 0.05) is 19.1 Å². The summed E-state index contributed by atoms with van der Waals surface area (Å²) < 4.78 is 25.9. The van der Waals surface area contributed by atoms with E-state index in [1.807, 2.05) is 0 Å². The lowest BCUT2D eigenvalue weighted by molar-refractivity contribution is 0.258. The van der Waals surface area contributed by atoms with Gasteiger partial charge in [0.25, 0.3) is 0 Å². The lowest BCUT2D eigenvalue weighted by atomic mass is 10.00. The summed E-state index contributed by atoms with van der Waals surface area (Å²) in [7, 11) is -3.05. The van der Waals surface area contributed by atoms with E-state index >= 15 is 0 Å². The Kier molecular flexibility index (Phi) is 4.10. The van der Waals surface area contributed by atoms with Gasteiger partial charge in [0.2, 0.25) is 10.0 Å². The minimum Gasteiger partial charge on any atom is -0.314 e. The van der Waals surface area contributed by atoms with E-state index < -0.39 is 10.0 Å². The molecule has 0 bridgehead atoms. The van der Waals surface area contributed by atoms with Crippen LogP contribution in [0.4, 0.5) is 0 Å². The predicted octanol–water partition coefficient (Wildman–Crippen LogP) is 1.19. The van der Waals surface area contributed by atoms with Crippen molar-refractivity contribution in [2.45, 2.75) is 50.8 Å². The molecule has 17 heavy (non-hydrogen) atoms. The van der Waals surface area contributed by atoms with Crippen molar-refractivity contribution >= 4 is 10.0 Å². The highest BCUT2D eigenvalue weighted by molar-refractivity contribution is 7.89. The van der Waals surface area contributed by atoms with Gasteiger partial charge in [0.15, 0.2) is 0 Å². The maximum atomic E-state index is 12.1. The van der Waals surface area contributed by atoms with E-state index in [9.17, 15) is 8.42 Å². The maximum absolute atomic E-state index is 12.1. The zero-order valence-electron chi connectivity index (χ0n) is 10.9. The zero-order valence-corrected chi connectivity index (χ0v) is 11.7. The lowest BCUT2D eigenvalue weighted by Crippen LogP contribution is -2.45. The molecule has 0 aromatic rings. The summed E-state index contributed by atoms with van der Waals surface area (Å²) in [6.07, 6.45) is 4.74. The van der Waals surface area contributed by atoms with E-state index in [4.69, 9.17) is 0 Å². The van der Waals surface area contributed by atoms with Crippen molar-refractivity contribution < 1.29 is 8.42 Å². The molecule has 1 aliphatic carbocycles. The van der Waals surface area contributed by atoms with Gasteiger partial charge in [-0.1, -0.05) is 0 Å². The van der Waals surface area contributed by atoms with E-state index in [-0.39, 0.29) is 5.25 Å². The van der Waals surface area contributed by atoms with E-state index in [1.165, 1.54) is 12.8 Å². The summed E-state index contributed by atoms with van der Waals surface area (Å²) in [5, 5.41) is 3.21. The van der Waals surface area contributed by atoms with Crippen molar-refractivity contribution in [2.75, 3.05) is 19.6 Å². The number of nitrogens with zero attached hydrogens (tertiary/aromatic N) is 1. The summed E-state index contributed by atoms with van der Waals surface area (Å²) in [4.78, 5) is 0. The summed E-state index contributed by atoms with van der Waals surface area (Å²) in [6.45, 7) is 5.93. The normalized spacial score (nSPS) is 27.6. The number of rotatable bonds is 5. The van der Waals surface area contributed by atoms with Gasteiger partial charge in [0.1, 0.15) is 0 Å². The molecule has 2 rings (SSSR count). The molecule has 1 N–H and O–H groups in total. The maximum Gasteiger partial charge on any atom is 0.216 e. The number of nitrogens with one attached hydrogen (secondary N) is 1. The molecule has 0 aromatic carbocycles. The monoisotopic (exact) mass is 260 g/mol. The second-order valence-corrected chi connectivity index (χ2v) is 8.13. The van der Waals surface area contributed by atoms with Crippen molar-refractivity contribution in [3.63, 3.8) is 0 Å². The van der Waals surface area contributed by atoms with E-state index in [2.05, 4.69) is 5.32 Å². The third-order valence-electron chi connectivity index (χ3n) is 3.71. The summed E-state index contributed by atoms with van der Waals surface area (Å²) >= 11 is 0. The molecule has 5 heteroatoms. The first-order valence-electron chi connectivity index (χ1n) is 6.72. The molecule has 0 amide bonds. The van der Waals surface area contributed by atoms with Crippen LogP contribution in [0.5, 0.6) is 0 Å². The fraction of sp³-hybridized carbons (Fsp3) is 1.00. The SMILES string of the molecule is CC(C)S(=O)(=O)N1CCCC(CNC2CC2)C1. The fourth-order valence-electron chi connectivity index (χ4n) is 2.34. The molecule has 1 heterocycles. The number of hydrogen-bond donors (Lipinski definition) is 1. The van der Waals surface area contributed by atoms with Crippen LogP contribution < -0.4 is 5.32 Å². The third kappa shape index (κ3) is 3.42. The molecule has 2 fully saturated rings. The summed E-state index contributed by atoms with van der Waals surface area (Å²) in [5.41, 5.74) is 0. The molecule has 0 aromatic heterocycles. The molecule has 2 aliphatic rings. The van der Waals surface area contributed by atoms with Crippen LogP contribution in [-0.4, -0.2) is 43.6 Å². The van der Waals surface area contributed by atoms with Gasteiger partial charge in [-0.15, -0.1) is 0 Å². The lowest BCUT2D eigenvalue weighted by Gasteiger charge is -2.33. The first kappa shape index (κ1) is 13.3. The van der Waals surface area contributed by atoms with Crippen LogP contribution in [0, 0.1) is 5.92 Å². The van der Waals surface area contributed by atoms with Crippen molar-refractivity contribution in [1.29, 1.82) is 0 Å². The Morgan fingerprint density at radius 1 is 1.29 bits per heavy atom. The van der Waals surface area contributed by atoms with E-state index in [1.54, 1.807) is 18.2 Å². The van der Waals surface area contributed by atoms with Crippen LogP contribution in [0.15, 0.2) is 0 Å². The first-order valence-corrected chi connectivity index (χ1v) is 8.23. The molecule has 1 atom stereocenters. The fourth-order valence-corrected chi connectivity index (χ4v) is 3.74. The van der Waals surface area contributed by atoms with Crippen LogP contribution in [0.2, 0.25) is 0 Å². The zero-order chi connectivity index (χ0) is 12.5. The molecule has 1 aliphatic heterocycles. The van der Waals surface area contributed by atoms with Gasteiger partial charge in [-0.3, -0.25) is 0 Å². The first-order chi connectivity index (χ1) is 8.00. The second kappa shape index (κ2) is 5.24. The number of piperidine rings is 1. The number of sulfonamides is 1. The standard InChI is InChI=1S/C12H24N2O2S/c1-10(2)17(15,16)14-7-3-4-11(9-14)8-13-12-5-6-12/h10-13H,3-9H2,1-2H3. The molecule has 0 spiro atoms. The molecule has 0 radical (unpaired) electrons. The van der Waals surface area contributed by atoms with Crippen LogP contribution in [0.3, 0.4) is 0 Å². The molecular weight excluding hydrogens is 236 g/mol. The van der Waals surface area contributed by atoms with Gasteiger partial charge in [0.05, 0.1) is 5.25 Å². The quantitative estimate of drug-likeness (QED) is 0.808. The average molecular weight is 260 g/mol. The molecule has 4 nitrogen and oxygen atoms in total. The molecule has 100 valence electrons. The van der Waals surface area contributed by atoms with Gasteiger partial charge in [-0.2, -0.15) is 0 Å². The molecule has 1 unspecified atom stereocenters. The van der Waals surface area contributed by atoms with Gasteiger partial charge < -0.3 is 5.32 Å². The Morgan fingerprint density at radius 2 is 2.00 bits per heavy atom. The number of hydrogen-bond acceptors (Lipinski definition) is 3. The van der Waals surface area contributed by atoms with Crippen molar-refractivity contribution in [1.82, 2.24) is 9.62 Å². The van der Waals surface area contributed by atoms with Crippen molar-refractivity contribution in [3.8, 4) is 0 Å². The van der Waals surface area contributed by atoms with Gasteiger partial charge >= 0.3 is 0 Å². The van der Waals surface area contributed by atoms with Gasteiger partial charge in [-0.25, -0.2) is 12.7 Å². The second-order valence-electron chi connectivity index (χ2n) is 5.64. The van der Waals surface area contributed by atoms with E-state index in [0.29, 0.717) is 25.0 Å². The highest BCUT2D eigenvalue weighted by atomic mass is 32.2. The minimum absolute atomic E-state index is 0.294. The topological polar surface area (TPSA) is 49.4 Å². The van der Waals surface area contributed by atoms with Crippen molar-refractivity contribution in [3.05, 3.63) is 0 Å². The Hall–Kier alpha value is -0.130. The Bertz CT molecular complexity index is 350. The van der Waals surface area contributed by atoms with Crippen LogP contribution in [0.25, 0.3) is 0 Å². The Labute approximate surface area is 105 Å². The highest BCUT2D eigenvalue weighted by Gasteiger charge is 2.31. The van der Waals surface area contributed by atoms with E-state index in [0.717, 1.165) is 19.4 Å². The van der Waals surface area contributed by atoms with Crippen LogP contribution in [-0.2, 0) is 10.0 Å². The average Bonchev–Trinajstić information content (AvgIpc) is 3.10. The molecular formula is C12H24N2O2S. The Balaban J connectivity index is 1.87. The third-order valence-corrected chi connectivity index (χ3v) is 5.95. The van der Waals surface area contributed by atoms with Crippen LogP contribution in [0.1, 0.15) is 39.5 Å². The highest BCUT2D eigenvalue weighted by Crippen LogP contribution is 2.23. The van der Waals surface area contributed by atoms with Crippen LogP contribution >= 0.6 is 0 Å². The Morgan fingerprint density at radius 3 is 2.59 bits per heavy atom. The van der Waals surface area contributed by atoms with Crippen molar-refractivity contribution in [2.24, 2.45) is 5.92 Å². The summed E-state index contributed by atoms with van der Waals surface area (Å²) in [6, 6.07) is 0.715. The molecule has 1 saturated heterocycles. The smallest absolute Gasteiger partial charge is 0.216 e. The largest absolute Gasteiger partial charge is 0.314 e. The predicted molar refractivity (Wildman–Crippen MR) is 69.4 cm³/mol. The minimum atomic E-state index is -3.05. The molecule has 1 saturated carbocycles.